The highest BCUT2D eigenvalue weighted by molar-refractivity contribution is 5.91. The maximum absolute atomic E-state index is 12.5. The number of hydrogen-bond donors (Lipinski definition) is 2. The normalized spacial score (nSPS) is 24.0. The van der Waals surface area contributed by atoms with Gasteiger partial charge in [0.05, 0.1) is 23.0 Å². The average Bonchev–Trinajstić information content (AvgIpc) is 3.14. The van der Waals surface area contributed by atoms with Crippen molar-refractivity contribution in [2.75, 3.05) is 18.4 Å². The molecule has 7 heteroatoms. The van der Waals surface area contributed by atoms with Crippen LogP contribution in [0.4, 0.5) is 10.5 Å². The lowest BCUT2D eigenvalue weighted by molar-refractivity contribution is -0.146. The molecule has 1 atom stereocenters. The third-order valence-corrected chi connectivity index (χ3v) is 4.80. The monoisotopic (exact) mass is 320 g/mol. The van der Waals surface area contributed by atoms with Crippen LogP contribution >= 0.6 is 0 Å². The van der Waals surface area contributed by atoms with Crippen LogP contribution in [0.1, 0.15) is 51.1 Å². The van der Waals surface area contributed by atoms with Crippen LogP contribution in [0, 0.1) is 5.41 Å². The van der Waals surface area contributed by atoms with Gasteiger partial charge < -0.3 is 15.3 Å². The Balaban J connectivity index is 1.70. The van der Waals surface area contributed by atoms with E-state index >= 15 is 0 Å². The zero-order valence-electron chi connectivity index (χ0n) is 13.7. The minimum absolute atomic E-state index is 0.229. The minimum atomic E-state index is -0.845. The first-order valence-electron chi connectivity index (χ1n) is 8.29. The first-order chi connectivity index (χ1) is 10.9. The molecule has 1 saturated heterocycles. The lowest BCUT2D eigenvalue weighted by Gasteiger charge is -2.20. The predicted molar refractivity (Wildman–Crippen MR) is 85.4 cm³/mol. The maximum Gasteiger partial charge on any atom is 0.321 e. The molecule has 2 fully saturated rings. The number of likely N-dealkylation sites (tertiary alicyclic amines) is 1. The lowest BCUT2D eigenvalue weighted by atomic mass is 9.90. The SMILES string of the molecule is CCCn1ncc(NC(=O)N2CCC(C)(C(=O)O)C2)c1C1CC1. The summed E-state index contributed by atoms with van der Waals surface area (Å²) in [6.07, 6.45) is 5.48. The van der Waals surface area contributed by atoms with E-state index in [1.807, 2.05) is 4.68 Å². The summed E-state index contributed by atoms with van der Waals surface area (Å²) < 4.78 is 1.98. The zero-order valence-corrected chi connectivity index (χ0v) is 13.7. The number of urea groups is 1. The van der Waals surface area contributed by atoms with Gasteiger partial charge in [0.2, 0.25) is 0 Å². The number of hydrogen-bond acceptors (Lipinski definition) is 3. The van der Waals surface area contributed by atoms with Crippen molar-refractivity contribution < 1.29 is 14.7 Å². The largest absolute Gasteiger partial charge is 0.481 e. The highest BCUT2D eigenvalue weighted by Gasteiger charge is 2.42. The number of aromatic nitrogens is 2. The molecule has 3 rings (SSSR count). The number of carboxylic acid groups (broad SMARTS) is 1. The van der Waals surface area contributed by atoms with E-state index in [0.717, 1.165) is 37.2 Å². The molecule has 2 aliphatic rings. The molecule has 1 saturated carbocycles. The van der Waals surface area contributed by atoms with Gasteiger partial charge in [-0.2, -0.15) is 5.10 Å². The van der Waals surface area contributed by atoms with Crippen LogP contribution < -0.4 is 5.32 Å². The van der Waals surface area contributed by atoms with E-state index in [2.05, 4.69) is 17.3 Å². The molecule has 23 heavy (non-hydrogen) atoms. The Morgan fingerprint density at radius 3 is 2.78 bits per heavy atom. The van der Waals surface area contributed by atoms with Gasteiger partial charge in [-0.05, 0) is 32.6 Å². The topological polar surface area (TPSA) is 87.5 Å². The van der Waals surface area contributed by atoms with E-state index in [4.69, 9.17) is 0 Å². The molecule has 2 heterocycles. The van der Waals surface area contributed by atoms with Crippen LogP contribution in [0.3, 0.4) is 0 Å². The Morgan fingerprint density at radius 1 is 1.48 bits per heavy atom. The van der Waals surface area contributed by atoms with E-state index in [1.54, 1.807) is 18.0 Å². The van der Waals surface area contributed by atoms with E-state index in [0.29, 0.717) is 18.9 Å². The quantitative estimate of drug-likeness (QED) is 0.872. The maximum atomic E-state index is 12.5. The first-order valence-corrected chi connectivity index (χ1v) is 8.29. The number of aryl methyl sites for hydroxylation is 1. The van der Waals surface area contributed by atoms with Crippen molar-refractivity contribution in [1.29, 1.82) is 0 Å². The van der Waals surface area contributed by atoms with Crippen LogP contribution in [0.15, 0.2) is 6.20 Å². The molecule has 1 aromatic rings. The smallest absolute Gasteiger partial charge is 0.321 e. The number of nitrogens with one attached hydrogen (secondary N) is 1. The fourth-order valence-electron chi connectivity index (χ4n) is 3.17. The van der Waals surface area contributed by atoms with Crippen molar-refractivity contribution in [2.45, 2.75) is 52.0 Å². The summed E-state index contributed by atoms with van der Waals surface area (Å²) in [5, 5.41) is 16.6. The van der Waals surface area contributed by atoms with Crippen molar-refractivity contribution in [2.24, 2.45) is 5.41 Å². The zero-order chi connectivity index (χ0) is 16.6. The highest BCUT2D eigenvalue weighted by atomic mass is 16.4. The van der Waals surface area contributed by atoms with E-state index < -0.39 is 11.4 Å². The second kappa shape index (κ2) is 5.86. The Bertz CT molecular complexity index is 623. The number of carbonyl (C=O) groups excluding carboxylic acids is 1. The Hall–Kier alpha value is -2.05. The van der Waals surface area contributed by atoms with Crippen LogP contribution in [0.2, 0.25) is 0 Å². The van der Waals surface area contributed by atoms with Crippen molar-refractivity contribution in [1.82, 2.24) is 14.7 Å². The molecular formula is C16H24N4O3. The average molecular weight is 320 g/mol. The summed E-state index contributed by atoms with van der Waals surface area (Å²) in [4.78, 5) is 25.4. The van der Waals surface area contributed by atoms with Crippen molar-refractivity contribution in [3.8, 4) is 0 Å². The molecule has 0 aromatic carbocycles. The Morgan fingerprint density at radius 2 is 2.22 bits per heavy atom. The first kappa shape index (κ1) is 15.8. The molecule has 0 spiro atoms. The number of aliphatic carboxylic acids is 1. The fourth-order valence-corrected chi connectivity index (χ4v) is 3.17. The van der Waals surface area contributed by atoms with Gasteiger partial charge >= 0.3 is 12.0 Å². The minimum Gasteiger partial charge on any atom is -0.481 e. The van der Waals surface area contributed by atoms with Gasteiger partial charge in [0.15, 0.2) is 0 Å². The molecule has 1 aliphatic carbocycles. The molecule has 1 unspecified atom stereocenters. The van der Waals surface area contributed by atoms with E-state index in [9.17, 15) is 14.7 Å². The molecule has 126 valence electrons. The fraction of sp³-hybridized carbons (Fsp3) is 0.688. The summed E-state index contributed by atoms with van der Waals surface area (Å²) in [6, 6.07) is -0.229. The van der Waals surface area contributed by atoms with Gasteiger partial charge in [0.25, 0.3) is 0 Å². The Kier molecular flexibility index (Phi) is 4.04. The second-order valence-corrected chi connectivity index (χ2v) is 6.91. The third-order valence-electron chi connectivity index (χ3n) is 4.80. The molecular weight excluding hydrogens is 296 g/mol. The number of nitrogens with zero attached hydrogens (tertiary/aromatic N) is 3. The summed E-state index contributed by atoms with van der Waals surface area (Å²) in [5.74, 6) is -0.357. The Labute approximate surface area is 135 Å². The number of rotatable bonds is 5. The van der Waals surface area contributed by atoms with E-state index in [1.165, 1.54) is 0 Å². The molecule has 7 nitrogen and oxygen atoms in total. The molecule has 2 N–H and O–H groups in total. The third kappa shape index (κ3) is 3.04. The van der Waals surface area contributed by atoms with Crippen LogP contribution in [0.5, 0.6) is 0 Å². The van der Waals surface area contributed by atoms with Gasteiger partial charge in [-0.1, -0.05) is 6.92 Å². The van der Waals surface area contributed by atoms with Gasteiger partial charge in [-0.3, -0.25) is 9.48 Å². The lowest BCUT2D eigenvalue weighted by Crippen LogP contribution is -2.37. The molecule has 0 radical (unpaired) electrons. The summed E-state index contributed by atoms with van der Waals surface area (Å²) in [7, 11) is 0. The van der Waals surface area contributed by atoms with Gasteiger partial charge in [0, 0.05) is 25.6 Å². The van der Waals surface area contributed by atoms with Crippen molar-refractivity contribution >= 4 is 17.7 Å². The van der Waals surface area contributed by atoms with Crippen LogP contribution in [-0.2, 0) is 11.3 Å². The van der Waals surface area contributed by atoms with Gasteiger partial charge in [-0.15, -0.1) is 0 Å². The number of carbonyl (C=O) groups is 2. The standard InChI is InChI=1S/C16H24N4O3/c1-3-7-20-13(11-4-5-11)12(9-17-20)18-15(23)19-8-6-16(2,10-19)14(21)22/h9,11H,3-8,10H2,1-2H3,(H,18,23)(H,21,22). The molecule has 0 bridgehead atoms. The number of anilines is 1. The van der Waals surface area contributed by atoms with Gasteiger partial charge in [-0.25, -0.2) is 4.79 Å². The van der Waals surface area contributed by atoms with Crippen molar-refractivity contribution in [3.63, 3.8) is 0 Å². The van der Waals surface area contributed by atoms with Crippen LogP contribution in [-0.4, -0.2) is 44.9 Å². The number of amides is 2. The number of carboxylic acids is 1. The molecule has 1 aromatic heterocycles. The van der Waals surface area contributed by atoms with Gasteiger partial charge in [0.1, 0.15) is 0 Å². The molecule has 2 amide bonds. The second-order valence-electron chi connectivity index (χ2n) is 6.91. The predicted octanol–water partition coefficient (Wildman–Crippen LogP) is 2.50. The highest BCUT2D eigenvalue weighted by Crippen LogP contribution is 2.43. The van der Waals surface area contributed by atoms with Crippen LogP contribution in [0.25, 0.3) is 0 Å². The van der Waals surface area contributed by atoms with Crippen molar-refractivity contribution in [3.05, 3.63) is 11.9 Å². The summed E-state index contributed by atoms with van der Waals surface area (Å²) in [6.45, 7) is 5.36. The summed E-state index contributed by atoms with van der Waals surface area (Å²) in [5.41, 5.74) is 1.04. The summed E-state index contributed by atoms with van der Waals surface area (Å²) >= 11 is 0. The van der Waals surface area contributed by atoms with E-state index in [-0.39, 0.29) is 12.6 Å². The molecule has 1 aliphatic heterocycles.